The van der Waals surface area contributed by atoms with Gasteiger partial charge in [-0.2, -0.15) is 0 Å². The predicted molar refractivity (Wildman–Crippen MR) is 104 cm³/mol. The molecule has 0 aliphatic carbocycles. The zero-order chi connectivity index (χ0) is 19.3. The lowest BCUT2D eigenvalue weighted by molar-refractivity contribution is -0.0838. The van der Waals surface area contributed by atoms with Crippen LogP contribution in [0.25, 0.3) is 0 Å². The molecule has 2 aromatic rings. The minimum atomic E-state index is -0.188. The molecule has 1 aliphatic heterocycles. The molecule has 1 N–H and O–H groups in total. The first-order valence-corrected chi connectivity index (χ1v) is 9.49. The number of furan rings is 1. The molecule has 0 radical (unpaired) electrons. The third-order valence-corrected chi connectivity index (χ3v) is 5.28. The van der Waals surface area contributed by atoms with Crippen LogP contribution in [0.15, 0.2) is 46.9 Å². The fraction of sp³-hybridized carbons (Fsp3) is 0.500. The lowest BCUT2D eigenvalue weighted by atomic mass is 9.67. The predicted octanol–water partition coefficient (Wildman–Crippen LogP) is 4.07. The van der Waals surface area contributed by atoms with Crippen molar-refractivity contribution in [2.45, 2.75) is 50.7 Å². The standard InChI is InChI=1S/C22H29NO4/c1-21(2)16-22(12-14-26-21,17-7-5-4-6-8-17)11-13-23-20(24)19-10-9-18(27-19)15-25-3/h4-10H,11-16H2,1-3H3,(H,23,24)/t22-/m0/s1. The smallest absolute Gasteiger partial charge is 0.286 e. The van der Waals surface area contributed by atoms with Crippen LogP contribution in [0.5, 0.6) is 0 Å². The van der Waals surface area contributed by atoms with Gasteiger partial charge in [0.2, 0.25) is 0 Å². The summed E-state index contributed by atoms with van der Waals surface area (Å²) in [6.45, 7) is 5.96. The molecule has 27 heavy (non-hydrogen) atoms. The number of methoxy groups -OCH3 is 1. The minimum absolute atomic E-state index is 0.000660. The SMILES string of the molecule is COCc1ccc(C(=O)NCC[C@]2(c3ccccc3)CCOC(C)(C)C2)o1. The van der Waals surface area contributed by atoms with Crippen molar-refractivity contribution in [2.75, 3.05) is 20.3 Å². The topological polar surface area (TPSA) is 60.7 Å². The summed E-state index contributed by atoms with van der Waals surface area (Å²) >= 11 is 0. The van der Waals surface area contributed by atoms with Crippen molar-refractivity contribution in [3.05, 3.63) is 59.5 Å². The van der Waals surface area contributed by atoms with Gasteiger partial charge in [-0.15, -0.1) is 0 Å². The largest absolute Gasteiger partial charge is 0.453 e. The summed E-state index contributed by atoms with van der Waals surface area (Å²) in [5.74, 6) is 0.782. The quantitative estimate of drug-likeness (QED) is 0.797. The normalized spacial score (nSPS) is 21.7. The number of benzene rings is 1. The Morgan fingerprint density at radius 2 is 1.96 bits per heavy atom. The van der Waals surface area contributed by atoms with Crippen molar-refractivity contribution < 1.29 is 18.7 Å². The fourth-order valence-electron chi connectivity index (χ4n) is 4.10. The Morgan fingerprint density at radius 3 is 2.67 bits per heavy atom. The number of rotatable bonds is 7. The van der Waals surface area contributed by atoms with E-state index in [0.717, 1.165) is 25.9 Å². The maximum atomic E-state index is 12.4. The van der Waals surface area contributed by atoms with E-state index in [-0.39, 0.29) is 16.9 Å². The van der Waals surface area contributed by atoms with Crippen LogP contribution < -0.4 is 5.32 Å². The second-order valence-corrected chi connectivity index (χ2v) is 7.89. The van der Waals surface area contributed by atoms with E-state index in [1.165, 1.54) is 5.56 Å². The van der Waals surface area contributed by atoms with E-state index in [4.69, 9.17) is 13.9 Å². The zero-order valence-electron chi connectivity index (χ0n) is 16.4. The first-order chi connectivity index (χ1) is 12.9. The molecule has 1 aliphatic rings. The van der Waals surface area contributed by atoms with Crippen LogP contribution in [-0.4, -0.2) is 31.8 Å². The molecule has 0 saturated carbocycles. The molecule has 0 spiro atoms. The van der Waals surface area contributed by atoms with E-state index in [1.54, 1.807) is 19.2 Å². The van der Waals surface area contributed by atoms with Gasteiger partial charge < -0.3 is 19.2 Å². The van der Waals surface area contributed by atoms with Gasteiger partial charge in [-0.25, -0.2) is 0 Å². The zero-order valence-corrected chi connectivity index (χ0v) is 16.4. The fourth-order valence-corrected chi connectivity index (χ4v) is 4.10. The van der Waals surface area contributed by atoms with Gasteiger partial charge >= 0.3 is 0 Å². The van der Waals surface area contributed by atoms with E-state index in [9.17, 15) is 4.79 Å². The van der Waals surface area contributed by atoms with Crippen LogP contribution in [0.1, 0.15) is 55.0 Å². The van der Waals surface area contributed by atoms with Gasteiger partial charge in [-0.3, -0.25) is 4.79 Å². The minimum Gasteiger partial charge on any atom is -0.453 e. The van der Waals surface area contributed by atoms with Gasteiger partial charge in [0.05, 0.1) is 5.60 Å². The second kappa shape index (κ2) is 8.28. The Bertz CT molecular complexity index is 753. The van der Waals surface area contributed by atoms with Crippen LogP contribution in [0, 0.1) is 0 Å². The molecule has 0 unspecified atom stereocenters. The van der Waals surface area contributed by atoms with Gasteiger partial charge in [-0.1, -0.05) is 30.3 Å². The summed E-state index contributed by atoms with van der Waals surface area (Å²) in [6, 6.07) is 14.0. The highest BCUT2D eigenvalue weighted by Gasteiger charge is 2.41. The van der Waals surface area contributed by atoms with Gasteiger partial charge in [0, 0.05) is 25.7 Å². The lowest BCUT2D eigenvalue weighted by Crippen LogP contribution is -2.45. The highest BCUT2D eigenvalue weighted by atomic mass is 16.5. The molecule has 1 aromatic heterocycles. The van der Waals surface area contributed by atoms with Crippen molar-refractivity contribution in [3.63, 3.8) is 0 Å². The van der Waals surface area contributed by atoms with Crippen molar-refractivity contribution in [1.29, 1.82) is 0 Å². The maximum absolute atomic E-state index is 12.4. The summed E-state index contributed by atoms with van der Waals surface area (Å²) in [5.41, 5.74) is 1.14. The first kappa shape index (κ1) is 19.6. The molecule has 1 atom stereocenters. The molecule has 1 aromatic carbocycles. The average molecular weight is 371 g/mol. The second-order valence-electron chi connectivity index (χ2n) is 7.89. The Morgan fingerprint density at radius 1 is 1.19 bits per heavy atom. The molecule has 1 fully saturated rings. The van der Waals surface area contributed by atoms with E-state index in [1.807, 2.05) is 6.07 Å². The highest BCUT2D eigenvalue weighted by molar-refractivity contribution is 5.91. The first-order valence-electron chi connectivity index (χ1n) is 9.49. The summed E-state index contributed by atoms with van der Waals surface area (Å²) in [6.07, 6.45) is 2.74. The number of nitrogens with one attached hydrogen (secondary N) is 1. The van der Waals surface area contributed by atoms with E-state index < -0.39 is 0 Å². The number of ether oxygens (including phenoxy) is 2. The number of hydrogen-bond acceptors (Lipinski definition) is 4. The van der Waals surface area contributed by atoms with Crippen molar-refractivity contribution in [1.82, 2.24) is 5.32 Å². The van der Waals surface area contributed by atoms with Crippen molar-refractivity contribution in [3.8, 4) is 0 Å². The molecular formula is C22H29NO4. The molecule has 0 bridgehead atoms. The third kappa shape index (κ3) is 4.79. The van der Waals surface area contributed by atoms with Crippen molar-refractivity contribution >= 4 is 5.91 Å². The molecule has 5 heteroatoms. The summed E-state index contributed by atoms with van der Waals surface area (Å²) in [5, 5.41) is 3.01. The van der Waals surface area contributed by atoms with Gasteiger partial charge in [-0.05, 0) is 50.8 Å². The third-order valence-electron chi connectivity index (χ3n) is 5.28. The van der Waals surface area contributed by atoms with Crippen molar-refractivity contribution in [2.24, 2.45) is 0 Å². The Labute approximate surface area is 161 Å². The monoisotopic (exact) mass is 371 g/mol. The van der Waals surface area contributed by atoms with Crippen LogP contribution >= 0.6 is 0 Å². The van der Waals surface area contributed by atoms with Crippen LogP contribution in [0.2, 0.25) is 0 Å². The van der Waals surface area contributed by atoms with Gasteiger partial charge in [0.1, 0.15) is 12.4 Å². The number of amides is 1. The summed E-state index contributed by atoms with van der Waals surface area (Å²) in [7, 11) is 1.60. The molecule has 1 amide bonds. The summed E-state index contributed by atoms with van der Waals surface area (Å²) < 4.78 is 16.5. The molecule has 1 saturated heterocycles. The van der Waals surface area contributed by atoms with Crippen LogP contribution in [-0.2, 0) is 21.5 Å². The summed E-state index contributed by atoms with van der Waals surface area (Å²) in [4.78, 5) is 12.4. The Balaban J connectivity index is 1.67. The van der Waals surface area contributed by atoms with E-state index in [0.29, 0.717) is 24.7 Å². The number of carbonyl (C=O) groups excluding carboxylic acids is 1. The van der Waals surface area contributed by atoms with E-state index in [2.05, 4.69) is 43.4 Å². The number of hydrogen-bond donors (Lipinski definition) is 1. The Kier molecular flexibility index (Phi) is 6.02. The molecule has 3 rings (SSSR count). The highest BCUT2D eigenvalue weighted by Crippen LogP contribution is 2.43. The van der Waals surface area contributed by atoms with Gasteiger partial charge in [0.25, 0.3) is 5.91 Å². The van der Waals surface area contributed by atoms with Gasteiger partial charge in [0.15, 0.2) is 5.76 Å². The maximum Gasteiger partial charge on any atom is 0.286 e. The van der Waals surface area contributed by atoms with E-state index >= 15 is 0 Å². The lowest BCUT2D eigenvalue weighted by Gasteiger charge is -2.45. The number of carbonyl (C=O) groups is 1. The van der Waals surface area contributed by atoms with Crippen LogP contribution in [0.4, 0.5) is 0 Å². The molecular weight excluding hydrogens is 342 g/mol. The molecule has 146 valence electrons. The van der Waals surface area contributed by atoms with Crippen LogP contribution in [0.3, 0.4) is 0 Å². The average Bonchev–Trinajstić information content (AvgIpc) is 3.11. The molecule has 5 nitrogen and oxygen atoms in total. The Hall–Kier alpha value is -2.11. The molecule has 2 heterocycles.